The van der Waals surface area contributed by atoms with Crippen molar-refractivity contribution in [2.75, 3.05) is 7.05 Å². The second-order valence-electron chi connectivity index (χ2n) is 10.2. The average Bonchev–Trinajstić information content (AvgIpc) is 3.19. The predicted octanol–water partition coefficient (Wildman–Crippen LogP) is 5.08. The zero-order valence-electron chi connectivity index (χ0n) is 18.4. The summed E-state index contributed by atoms with van der Waals surface area (Å²) in [5.74, 6) is 3.83. The topological polar surface area (TPSA) is 47.4 Å². The summed E-state index contributed by atoms with van der Waals surface area (Å²) in [6.45, 7) is 4.66. The highest BCUT2D eigenvalue weighted by Crippen LogP contribution is 2.57. The third-order valence-electron chi connectivity index (χ3n) is 7.79. The maximum Gasteiger partial charge on any atom is 0.274 e. The lowest BCUT2D eigenvalue weighted by molar-refractivity contribution is -0.0667. The molecule has 4 aliphatic rings. The van der Waals surface area contributed by atoms with Crippen LogP contribution < -0.4 is 4.74 Å². The Hall–Kier alpha value is -2.30. The lowest BCUT2D eigenvalue weighted by atomic mass is 9.52. The first-order valence-electron chi connectivity index (χ1n) is 11.5. The van der Waals surface area contributed by atoms with Gasteiger partial charge in [0.1, 0.15) is 5.75 Å². The van der Waals surface area contributed by atoms with Gasteiger partial charge >= 0.3 is 0 Å². The van der Waals surface area contributed by atoms with Crippen molar-refractivity contribution in [1.82, 2.24) is 14.7 Å². The second kappa shape index (κ2) is 7.44. The maximum atomic E-state index is 13.3. The standard InChI is InChI=1S/C25H33N3O2/c1-17(2)21-4-6-22(7-5-21)30-16-28-9-8-23(26-28)24(29)27(3)25-13-18-10-19(14-25)12-20(11-18)15-25/h4-9,17-20H,10-16H2,1-3H3. The molecule has 1 heterocycles. The van der Waals surface area contributed by atoms with Gasteiger partial charge in [-0.1, -0.05) is 26.0 Å². The van der Waals surface area contributed by atoms with Gasteiger partial charge < -0.3 is 9.64 Å². The summed E-state index contributed by atoms with van der Waals surface area (Å²) in [5.41, 5.74) is 1.87. The predicted molar refractivity (Wildman–Crippen MR) is 116 cm³/mol. The van der Waals surface area contributed by atoms with E-state index < -0.39 is 0 Å². The van der Waals surface area contributed by atoms with Crippen LogP contribution in [0.15, 0.2) is 36.5 Å². The van der Waals surface area contributed by atoms with E-state index in [0.717, 1.165) is 23.5 Å². The highest BCUT2D eigenvalue weighted by atomic mass is 16.5. The molecule has 5 nitrogen and oxygen atoms in total. The minimum absolute atomic E-state index is 0.0528. The van der Waals surface area contributed by atoms with Gasteiger partial charge in [0.05, 0.1) is 0 Å². The lowest BCUT2D eigenvalue weighted by Gasteiger charge is -2.59. The number of hydrogen-bond donors (Lipinski definition) is 0. The van der Waals surface area contributed by atoms with Crippen molar-refractivity contribution in [3.8, 4) is 5.75 Å². The molecule has 2 aromatic rings. The molecular formula is C25H33N3O2. The summed E-state index contributed by atoms with van der Waals surface area (Å²) >= 11 is 0. The van der Waals surface area contributed by atoms with Gasteiger partial charge in [-0.25, -0.2) is 4.68 Å². The van der Waals surface area contributed by atoms with E-state index in [1.165, 1.54) is 44.1 Å². The van der Waals surface area contributed by atoms with Crippen LogP contribution in [-0.4, -0.2) is 33.2 Å². The van der Waals surface area contributed by atoms with Crippen LogP contribution in [0.2, 0.25) is 0 Å². The zero-order chi connectivity index (χ0) is 20.9. The molecule has 160 valence electrons. The third kappa shape index (κ3) is 3.52. The van der Waals surface area contributed by atoms with Gasteiger partial charge in [-0.05, 0) is 86.0 Å². The Morgan fingerprint density at radius 1 is 1.10 bits per heavy atom. The molecule has 5 heteroatoms. The van der Waals surface area contributed by atoms with E-state index >= 15 is 0 Å². The van der Waals surface area contributed by atoms with Crippen LogP contribution in [0.5, 0.6) is 5.75 Å². The number of rotatable bonds is 6. The average molecular weight is 408 g/mol. The molecule has 4 fully saturated rings. The van der Waals surface area contributed by atoms with Crippen molar-refractivity contribution in [3.63, 3.8) is 0 Å². The normalized spacial score (nSPS) is 29.4. The van der Waals surface area contributed by atoms with Gasteiger partial charge in [-0.2, -0.15) is 5.10 Å². The van der Waals surface area contributed by atoms with E-state index in [4.69, 9.17) is 4.74 Å². The second-order valence-corrected chi connectivity index (χ2v) is 10.2. The van der Waals surface area contributed by atoms with Crippen molar-refractivity contribution in [2.24, 2.45) is 17.8 Å². The summed E-state index contributed by atoms with van der Waals surface area (Å²) in [4.78, 5) is 15.3. The third-order valence-corrected chi connectivity index (χ3v) is 7.79. The van der Waals surface area contributed by atoms with Crippen molar-refractivity contribution in [1.29, 1.82) is 0 Å². The Morgan fingerprint density at radius 2 is 1.70 bits per heavy atom. The molecule has 0 atom stereocenters. The number of carbonyl (C=O) groups excluding carboxylic acids is 1. The first-order valence-corrected chi connectivity index (χ1v) is 11.5. The maximum absolute atomic E-state index is 13.3. The molecule has 0 aliphatic heterocycles. The highest BCUT2D eigenvalue weighted by molar-refractivity contribution is 5.92. The molecule has 1 amide bonds. The van der Waals surface area contributed by atoms with Gasteiger partial charge in [-0.15, -0.1) is 0 Å². The Balaban J connectivity index is 1.23. The van der Waals surface area contributed by atoms with Gasteiger partial charge in [-0.3, -0.25) is 4.79 Å². The molecule has 6 rings (SSSR count). The molecule has 0 N–H and O–H groups in total. The van der Waals surface area contributed by atoms with Crippen LogP contribution in [0.1, 0.15) is 74.3 Å². The number of nitrogens with zero attached hydrogens (tertiary/aromatic N) is 3. The van der Waals surface area contributed by atoms with E-state index in [1.807, 2.05) is 36.3 Å². The van der Waals surface area contributed by atoms with E-state index in [0.29, 0.717) is 18.3 Å². The Bertz CT molecular complexity index is 879. The monoisotopic (exact) mass is 407 g/mol. The van der Waals surface area contributed by atoms with Gasteiger partial charge in [0.2, 0.25) is 0 Å². The van der Waals surface area contributed by atoms with E-state index in [9.17, 15) is 4.79 Å². The Morgan fingerprint density at radius 3 is 2.27 bits per heavy atom. The number of ether oxygens (including phenoxy) is 1. The van der Waals surface area contributed by atoms with Crippen molar-refractivity contribution >= 4 is 5.91 Å². The highest BCUT2D eigenvalue weighted by Gasteiger charge is 2.53. The quantitative estimate of drug-likeness (QED) is 0.671. The molecule has 4 aliphatic carbocycles. The number of aromatic nitrogens is 2. The summed E-state index contributed by atoms with van der Waals surface area (Å²) in [6.07, 6.45) is 9.51. The van der Waals surface area contributed by atoms with Crippen LogP contribution in [0.4, 0.5) is 0 Å². The Labute approximate surface area is 179 Å². The van der Waals surface area contributed by atoms with Crippen LogP contribution in [0.3, 0.4) is 0 Å². The summed E-state index contributed by atoms with van der Waals surface area (Å²) in [7, 11) is 2.00. The van der Waals surface area contributed by atoms with Crippen molar-refractivity contribution < 1.29 is 9.53 Å². The molecule has 0 spiro atoms. The van der Waals surface area contributed by atoms with E-state index in [1.54, 1.807) is 4.68 Å². The molecule has 0 saturated heterocycles. The molecule has 1 aromatic heterocycles. The number of carbonyl (C=O) groups is 1. The summed E-state index contributed by atoms with van der Waals surface area (Å²) in [5, 5.41) is 4.52. The molecule has 0 unspecified atom stereocenters. The van der Waals surface area contributed by atoms with Crippen LogP contribution in [-0.2, 0) is 6.73 Å². The van der Waals surface area contributed by atoms with Crippen LogP contribution in [0.25, 0.3) is 0 Å². The molecule has 4 bridgehead atoms. The van der Waals surface area contributed by atoms with Gasteiger partial charge in [0, 0.05) is 18.8 Å². The van der Waals surface area contributed by atoms with Crippen LogP contribution >= 0.6 is 0 Å². The summed E-state index contributed by atoms with van der Waals surface area (Å²) in [6, 6.07) is 10.00. The number of hydrogen-bond acceptors (Lipinski definition) is 3. The number of amides is 1. The Kier molecular flexibility index (Phi) is 4.87. The van der Waals surface area contributed by atoms with E-state index in [2.05, 4.69) is 31.1 Å². The zero-order valence-corrected chi connectivity index (χ0v) is 18.4. The fraction of sp³-hybridized carbons (Fsp3) is 0.600. The number of benzene rings is 1. The fourth-order valence-corrected chi connectivity index (χ4v) is 6.50. The summed E-state index contributed by atoms with van der Waals surface area (Å²) < 4.78 is 7.56. The molecule has 1 aromatic carbocycles. The van der Waals surface area contributed by atoms with E-state index in [-0.39, 0.29) is 11.4 Å². The van der Waals surface area contributed by atoms with Crippen LogP contribution in [0, 0.1) is 17.8 Å². The molecular weight excluding hydrogens is 374 g/mol. The SMILES string of the molecule is CC(C)c1ccc(OCn2ccc(C(=O)N(C)C34CC5CC(CC(C5)C3)C4)n2)cc1. The van der Waals surface area contributed by atoms with Gasteiger partial charge in [0.25, 0.3) is 5.91 Å². The fourth-order valence-electron chi connectivity index (χ4n) is 6.50. The first kappa shape index (κ1) is 19.7. The first-order chi connectivity index (χ1) is 14.4. The van der Waals surface area contributed by atoms with Crippen molar-refractivity contribution in [3.05, 3.63) is 47.8 Å². The smallest absolute Gasteiger partial charge is 0.274 e. The minimum atomic E-state index is 0.0528. The molecule has 30 heavy (non-hydrogen) atoms. The largest absolute Gasteiger partial charge is 0.471 e. The minimum Gasteiger partial charge on any atom is -0.471 e. The van der Waals surface area contributed by atoms with Gasteiger partial charge in [0.15, 0.2) is 12.4 Å². The van der Waals surface area contributed by atoms with Crippen molar-refractivity contribution in [2.45, 2.75) is 70.6 Å². The molecule has 0 radical (unpaired) electrons. The lowest BCUT2D eigenvalue weighted by Crippen LogP contribution is -2.60. The molecule has 4 saturated carbocycles.